The first-order chi connectivity index (χ1) is 13.6. The van der Waals surface area contributed by atoms with Crippen LogP contribution in [0.5, 0.6) is 0 Å². The molecule has 1 aromatic heterocycles. The van der Waals surface area contributed by atoms with Gasteiger partial charge in [-0.2, -0.15) is 4.31 Å². The molecule has 0 saturated carbocycles. The maximum Gasteiger partial charge on any atom is 0.252 e. The Morgan fingerprint density at radius 1 is 1.21 bits per heavy atom. The third-order valence-electron chi connectivity index (χ3n) is 4.82. The van der Waals surface area contributed by atoms with Gasteiger partial charge in [0.1, 0.15) is 4.21 Å². The minimum atomic E-state index is -3.59. The number of hydrogen-bond donors (Lipinski definition) is 1. The Morgan fingerprint density at radius 3 is 2.62 bits per heavy atom. The van der Waals surface area contributed by atoms with Gasteiger partial charge in [0.25, 0.3) is 10.0 Å². The predicted octanol–water partition coefficient (Wildman–Crippen LogP) is 2.18. The molecule has 0 aliphatic carbocycles. The first-order valence-corrected chi connectivity index (χ1v) is 13.1. The molecule has 1 aromatic carbocycles. The fourth-order valence-electron chi connectivity index (χ4n) is 3.13. The van der Waals surface area contributed by atoms with Crippen LogP contribution in [0, 0.1) is 5.92 Å². The SMILES string of the molecule is CN(c1cccc(NC(=O)C2CCCN(S(=O)(=O)c3cccs3)C2)c1)S(C)(=O)=O. The lowest BCUT2D eigenvalue weighted by Gasteiger charge is -2.30. The molecule has 1 saturated heterocycles. The summed E-state index contributed by atoms with van der Waals surface area (Å²) in [5, 5.41) is 4.50. The zero-order valence-electron chi connectivity index (χ0n) is 16.1. The molecule has 158 valence electrons. The number of nitrogens with zero attached hydrogens (tertiary/aromatic N) is 2. The highest BCUT2D eigenvalue weighted by Crippen LogP contribution is 2.27. The number of benzene rings is 1. The lowest BCUT2D eigenvalue weighted by Crippen LogP contribution is -2.43. The van der Waals surface area contributed by atoms with Crippen molar-refractivity contribution in [2.45, 2.75) is 17.1 Å². The standard InChI is InChI=1S/C18H23N3O5S3/c1-20(28(2,23)24)16-8-3-7-15(12-16)19-18(22)14-6-4-10-21(13-14)29(25,26)17-9-5-11-27-17/h3,5,7-9,11-12,14H,4,6,10,13H2,1-2H3,(H,19,22). The third kappa shape index (κ3) is 4.97. The smallest absolute Gasteiger partial charge is 0.252 e. The van der Waals surface area contributed by atoms with Gasteiger partial charge in [-0.25, -0.2) is 16.8 Å². The van der Waals surface area contributed by atoms with Crippen molar-refractivity contribution in [1.82, 2.24) is 4.31 Å². The number of carbonyl (C=O) groups excluding carboxylic acids is 1. The van der Waals surface area contributed by atoms with Gasteiger partial charge in [-0.05, 0) is 42.5 Å². The van der Waals surface area contributed by atoms with E-state index < -0.39 is 26.0 Å². The lowest BCUT2D eigenvalue weighted by atomic mass is 9.98. The summed E-state index contributed by atoms with van der Waals surface area (Å²) in [6.07, 6.45) is 2.29. The van der Waals surface area contributed by atoms with E-state index in [0.29, 0.717) is 30.8 Å². The molecule has 0 radical (unpaired) electrons. The molecule has 2 heterocycles. The summed E-state index contributed by atoms with van der Waals surface area (Å²) in [5.41, 5.74) is 0.886. The van der Waals surface area contributed by atoms with E-state index in [1.807, 2.05) is 0 Å². The molecule has 1 aliphatic heterocycles. The highest BCUT2D eigenvalue weighted by Gasteiger charge is 2.33. The third-order valence-corrected chi connectivity index (χ3v) is 9.26. The van der Waals surface area contributed by atoms with Gasteiger partial charge in [-0.15, -0.1) is 11.3 Å². The van der Waals surface area contributed by atoms with E-state index in [1.54, 1.807) is 41.8 Å². The van der Waals surface area contributed by atoms with Crippen LogP contribution in [0.3, 0.4) is 0 Å². The van der Waals surface area contributed by atoms with E-state index in [9.17, 15) is 21.6 Å². The monoisotopic (exact) mass is 457 g/mol. The van der Waals surface area contributed by atoms with Gasteiger partial charge in [0.05, 0.1) is 17.9 Å². The molecule has 1 unspecified atom stereocenters. The summed E-state index contributed by atoms with van der Waals surface area (Å²) in [7, 11) is -5.58. The molecule has 1 fully saturated rings. The molecule has 2 aromatic rings. The Hall–Kier alpha value is -1.95. The number of sulfonamides is 2. The van der Waals surface area contributed by atoms with Crippen molar-refractivity contribution in [3.05, 3.63) is 41.8 Å². The average Bonchev–Trinajstić information content (AvgIpc) is 3.22. The zero-order valence-corrected chi connectivity index (χ0v) is 18.6. The van der Waals surface area contributed by atoms with Crippen molar-refractivity contribution < 1.29 is 21.6 Å². The summed E-state index contributed by atoms with van der Waals surface area (Å²) >= 11 is 1.16. The van der Waals surface area contributed by atoms with Crippen LogP contribution in [-0.2, 0) is 24.8 Å². The minimum Gasteiger partial charge on any atom is -0.326 e. The average molecular weight is 458 g/mol. The van der Waals surface area contributed by atoms with Crippen molar-refractivity contribution in [1.29, 1.82) is 0 Å². The summed E-state index contributed by atoms with van der Waals surface area (Å²) in [6.45, 7) is 0.508. The molecule has 11 heteroatoms. The Morgan fingerprint density at radius 2 is 1.97 bits per heavy atom. The summed E-state index contributed by atoms with van der Waals surface area (Å²) in [4.78, 5) is 12.7. The van der Waals surface area contributed by atoms with Crippen LogP contribution in [0.25, 0.3) is 0 Å². The van der Waals surface area contributed by atoms with Crippen molar-refractivity contribution in [2.24, 2.45) is 5.92 Å². The summed E-state index contributed by atoms with van der Waals surface area (Å²) in [6, 6.07) is 9.77. The molecule has 3 rings (SSSR count). The molecule has 0 bridgehead atoms. The number of anilines is 2. The Labute approximate surface area is 175 Å². The van der Waals surface area contributed by atoms with Gasteiger partial charge < -0.3 is 5.32 Å². The van der Waals surface area contributed by atoms with Gasteiger partial charge in [-0.3, -0.25) is 9.10 Å². The van der Waals surface area contributed by atoms with E-state index in [1.165, 1.54) is 11.4 Å². The number of nitrogens with one attached hydrogen (secondary N) is 1. The van der Waals surface area contributed by atoms with Crippen molar-refractivity contribution in [3.8, 4) is 0 Å². The van der Waals surface area contributed by atoms with Crippen LogP contribution in [0.4, 0.5) is 11.4 Å². The number of rotatable bonds is 6. The highest BCUT2D eigenvalue weighted by molar-refractivity contribution is 7.92. The predicted molar refractivity (Wildman–Crippen MR) is 114 cm³/mol. The Balaban J connectivity index is 1.71. The minimum absolute atomic E-state index is 0.120. The molecular weight excluding hydrogens is 434 g/mol. The van der Waals surface area contributed by atoms with Crippen molar-refractivity contribution in [2.75, 3.05) is 36.0 Å². The maximum atomic E-state index is 12.7. The first-order valence-electron chi connectivity index (χ1n) is 8.97. The number of carbonyl (C=O) groups is 1. The number of thiophene rings is 1. The number of piperidine rings is 1. The van der Waals surface area contributed by atoms with Crippen LogP contribution in [-0.4, -0.2) is 53.4 Å². The van der Waals surface area contributed by atoms with Crippen LogP contribution >= 0.6 is 11.3 Å². The summed E-state index contributed by atoms with van der Waals surface area (Å²) < 4.78 is 51.7. The Kier molecular flexibility index (Phi) is 6.32. The summed E-state index contributed by atoms with van der Waals surface area (Å²) in [5.74, 6) is -0.759. The Bertz CT molecular complexity index is 1080. The van der Waals surface area contributed by atoms with Crippen molar-refractivity contribution >= 4 is 48.7 Å². The first kappa shape index (κ1) is 21.8. The lowest BCUT2D eigenvalue weighted by molar-refractivity contribution is -0.120. The molecule has 1 amide bonds. The van der Waals surface area contributed by atoms with Gasteiger partial charge in [0.15, 0.2) is 0 Å². The van der Waals surface area contributed by atoms with Crippen LogP contribution in [0.1, 0.15) is 12.8 Å². The van der Waals surface area contributed by atoms with E-state index in [0.717, 1.165) is 21.9 Å². The molecule has 29 heavy (non-hydrogen) atoms. The quantitative estimate of drug-likeness (QED) is 0.716. The topological polar surface area (TPSA) is 104 Å². The molecule has 1 aliphatic rings. The van der Waals surface area contributed by atoms with E-state index in [-0.39, 0.29) is 16.7 Å². The molecule has 1 N–H and O–H groups in total. The van der Waals surface area contributed by atoms with E-state index in [4.69, 9.17) is 0 Å². The molecule has 0 spiro atoms. The van der Waals surface area contributed by atoms with Crippen LogP contribution in [0.15, 0.2) is 46.0 Å². The molecule has 1 atom stereocenters. The second-order valence-corrected chi connectivity index (χ2v) is 12.0. The van der Waals surface area contributed by atoms with Crippen LogP contribution in [0.2, 0.25) is 0 Å². The van der Waals surface area contributed by atoms with Gasteiger partial charge in [0, 0.05) is 25.8 Å². The second-order valence-electron chi connectivity index (χ2n) is 6.90. The van der Waals surface area contributed by atoms with Gasteiger partial charge in [-0.1, -0.05) is 12.1 Å². The number of amides is 1. The normalized spacial score (nSPS) is 18.3. The fourth-order valence-corrected chi connectivity index (χ4v) is 6.29. The maximum absolute atomic E-state index is 12.7. The van der Waals surface area contributed by atoms with Crippen LogP contribution < -0.4 is 9.62 Å². The van der Waals surface area contributed by atoms with Gasteiger partial charge >= 0.3 is 0 Å². The highest BCUT2D eigenvalue weighted by atomic mass is 32.2. The zero-order chi connectivity index (χ0) is 21.2. The molecular formula is C18H23N3O5S3. The fraction of sp³-hybridized carbons (Fsp3) is 0.389. The second kappa shape index (κ2) is 8.42. The molecule has 8 nitrogen and oxygen atoms in total. The van der Waals surface area contributed by atoms with E-state index >= 15 is 0 Å². The van der Waals surface area contributed by atoms with E-state index in [2.05, 4.69) is 5.32 Å². The number of hydrogen-bond acceptors (Lipinski definition) is 6. The largest absolute Gasteiger partial charge is 0.326 e. The van der Waals surface area contributed by atoms with Gasteiger partial charge in [0.2, 0.25) is 15.9 Å². The van der Waals surface area contributed by atoms with Crippen molar-refractivity contribution in [3.63, 3.8) is 0 Å².